The smallest absolute Gasteiger partial charge is 0.0623 e. The summed E-state index contributed by atoms with van der Waals surface area (Å²) in [6, 6.07) is 15.2. The molecule has 0 bridgehead atoms. The zero-order valence-electron chi connectivity index (χ0n) is 19.2. The van der Waals surface area contributed by atoms with Gasteiger partial charge >= 0.3 is 0 Å². The number of aromatic nitrogens is 1. The molecule has 3 rings (SSSR count). The summed E-state index contributed by atoms with van der Waals surface area (Å²) in [6.07, 6.45) is 7.52. The fourth-order valence-electron chi connectivity index (χ4n) is 4.77. The summed E-state index contributed by atoms with van der Waals surface area (Å²) in [5.41, 5.74) is 4.69. The molecule has 4 atom stereocenters. The topological polar surface area (TPSA) is 45.2 Å². The van der Waals surface area contributed by atoms with Crippen molar-refractivity contribution in [2.45, 2.75) is 78.0 Å². The zero-order valence-corrected chi connectivity index (χ0v) is 19.2. The van der Waals surface area contributed by atoms with Gasteiger partial charge in [-0.05, 0) is 49.3 Å². The third-order valence-electron chi connectivity index (χ3n) is 6.49. The summed E-state index contributed by atoms with van der Waals surface area (Å²) in [6.45, 7) is 11.0. The summed E-state index contributed by atoms with van der Waals surface area (Å²) in [7, 11) is 0. The van der Waals surface area contributed by atoms with E-state index in [0.717, 1.165) is 31.4 Å². The number of aliphatic hydroxyl groups excluding tert-OH is 1. The van der Waals surface area contributed by atoms with Gasteiger partial charge in [-0.3, -0.25) is 4.98 Å². The summed E-state index contributed by atoms with van der Waals surface area (Å²) in [4.78, 5) is 4.74. The Morgan fingerprint density at radius 2 is 1.80 bits per heavy atom. The van der Waals surface area contributed by atoms with E-state index in [4.69, 9.17) is 4.98 Å². The second-order valence-electron chi connectivity index (χ2n) is 9.41. The number of hydrogen-bond donors (Lipinski definition) is 2. The molecule has 2 heterocycles. The molecule has 0 saturated heterocycles. The minimum atomic E-state index is -0.379. The van der Waals surface area contributed by atoms with Crippen molar-refractivity contribution in [3.05, 3.63) is 77.1 Å². The molecule has 30 heavy (non-hydrogen) atoms. The van der Waals surface area contributed by atoms with Crippen LogP contribution < -0.4 is 5.32 Å². The van der Waals surface area contributed by atoms with Crippen LogP contribution >= 0.6 is 0 Å². The molecular weight excluding hydrogens is 368 g/mol. The van der Waals surface area contributed by atoms with Gasteiger partial charge < -0.3 is 10.4 Å². The molecule has 3 nitrogen and oxygen atoms in total. The van der Waals surface area contributed by atoms with Crippen molar-refractivity contribution in [2.24, 2.45) is 11.8 Å². The van der Waals surface area contributed by atoms with E-state index in [2.05, 4.69) is 88.5 Å². The highest BCUT2D eigenvalue weighted by Gasteiger charge is 2.43. The number of pyridine rings is 1. The molecule has 0 unspecified atom stereocenters. The summed E-state index contributed by atoms with van der Waals surface area (Å²) in [5, 5.41) is 15.2. The van der Waals surface area contributed by atoms with E-state index in [-0.39, 0.29) is 23.6 Å². The molecular formula is C27H38N2O. The molecule has 1 aliphatic heterocycles. The minimum Gasteiger partial charge on any atom is -0.392 e. The number of aryl methyl sites for hydroxylation is 1. The molecule has 0 amide bonds. The highest BCUT2D eigenvalue weighted by atomic mass is 16.3. The largest absolute Gasteiger partial charge is 0.392 e. The molecule has 1 aromatic heterocycles. The minimum absolute atomic E-state index is 0.0439. The van der Waals surface area contributed by atoms with Crippen LogP contribution in [0.5, 0.6) is 0 Å². The van der Waals surface area contributed by atoms with Crippen molar-refractivity contribution in [3.8, 4) is 0 Å². The van der Waals surface area contributed by atoms with Crippen molar-refractivity contribution < 1.29 is 5.11 Å². The van der Waals surface area contributed by atoms with Crippen LogP contribution in [0, 0.1) is 11.8 Å². The van der Waals surface area contributed by atoms with Gasteiger partial charge in [-0.2, -0.15) is 0 Å². The standard InChI is InChI=1S/C27H38N2O/c1-6-20-13-14-23(28-18-20)17-27(5)24(25(30)15-19(3)4)16-21(7-2)26(29-27)22-11-9-8-10-12-22/h8-14,16,18-19,24-26,29-30H,6-7,15,17H2,1-5H3/t24-,25-,26-,27-/m1/s1. The molecule has 3 heteroatoms. The molecule has 1 aliphatic rings. The van der Waals surface area contributed by atoms with Crippen LogP contribution in [-0.4, -0.2) is 21.7 Å². The Hall–Kier alpha value is -1.97. The Bertz CT molecular complexity index is 828. The van der Waals surface area contributed by atoms with Gasteiger partial charge in [0.1, 0.15) is 0 Å². The lowest BCUT2D eigenvalue weighted by Crippen LogP contribution is -2.57. The quantitative estimate of drug-likeness (QED) is 0.557. The second kappa shape index (κ2) is 9.89. The average Bonchev–Trinajstić information content (AvgIpc) is 2.74. The van der Waals surface area contributed by atoms with Crippen molar-refractivity contribution in [2.75, 3.05) is 0 Å². The lowest BCUT2D eigenvalue weighted by molar-refractivity contribution is 0.0486. The van der Waals surface area contributed by atoms with Gasteiger partial charge in [0, 0.05) is 29.8 Å². The maximum absolute atomic E-state index is 11.2. The summed E-state index contributed by atoms with van der Waals surface area (Å²) >= 11 is 0. The van der Waals surface area contributed by atoms with Crippen LogP contribution in [0.4, 0.5) is 0 Å². The number of nitrogens with one attached hydrogen (secondary N) is 1. The Balaban J connectivity index is 1.99. The molecule has 0 saturated carbocycles. The predicted octanol–water partition coefficient (Wildman–Crippen LogP) is 5.65. The highest BCUT2D eigenvalue weighted by Crippen LogP contribution is 2.40. The maximum atomic E-state index is 11.2. The number of nitrogens with zero attached hydrogens (tertiary/aromatic N) is 1. The van der Waals surface area contributed by atoms with Crippen LogP contribution in [0.25, 0.3) is 0 Å². The van der Waals surface area contributed by atoms with E-state index in [1.54, 1.807) is 0 Å². The fraction of sp³-hybridized carbons (Fsp3) is 0.519. The normalized spacial score (nSPS) is 25.2. The number of benzene rings is 1. The van der Waals surface area contributed by atoms with Crippen LogP contribution in [0.2, 0.25) is 0 Å². The highest BCUT2D eigenvalue weighted by molar-refractivity contribution is 5.34. The van der Waals surface area contributed by atoms with Crippen molar-refractivity contribution >= 4 is 0 Å². The van der Waals surface area contributed by atoms with Crippen molar-refractivity contribution in [3.63, 3.8) is 0 Å². The lowest BCUT2D eigenvalue weighted by atomic mass is 9.70. The van der Waals surface area contributed by atoms with Crippen LogP contribution in [0.3, 0.4) is 0 Å². The average molecular weight is 407 g/mol. The number of aliphatic hydroxyl groups is 1. The molecule has 2 aromatic rings. The van der Waals surface area contributed by atoms with Gasteiger partial charge in [-0.1, -0.05) is 75.7 Å². The molecule has 0 radical (unpaired) electrons. The molecule has 162 valence electrons. The second-order valence-corrected chi connectivity index (χ2v) is 9.41. The van der Waals surface area contributed by atoms with E-state index < -0.39 is 0 Å². The molecule has 1 aromatic carbocycles. The Morgan fingerprint density at radius 3 is 2.37 bits per heavy atom. The molecule has 0 spiro atoms. The van der Waals surface area contributed by atoms with Crippen LogP contribution in [0.1, 0.15) is 70.3 Å². The fourth-order valence-corrected chi connectivity index (χ4v) is 4.77. The molecule has 0 aliphatic carbocycles. The third-order valence-corrected chi connectivity index (χ3v) is 6.49. The maximum Gasteiger partial charge on any atom is 0.0623 e. The van der Waals surface area contributed by atoms with Crippen LogP contribution in [0.15, 0.2) is 60.3 Å². The Kier molecular flexibility index (Phi) is 7.49. The third kappa shape index (κ3) is 5.19. The van der Waals surface area contributed by atoms with E-state index >= 15 is 0 Å². The van der Waals surface area contributed by atoms with Gasteiger partial charge in [0.2, 0.25) is 0 Å². The van der Waals surface area contributed by atoms with Gasteiger partial charge in [0.15, 0.2) is 0 Å². The monoisotopic (exact) mass is 406 g/mol. The Morgan fingerprint density at radius 1 is 1.07 bits per heavy atom. The number of rotatable bonds is 8. The van der Waals surface area contributed by atoms with E-state index in [9.17, 15) is 5.11 Å². The van der Waals surface area contributed by atoms with E-state index in [1.165, 1.54) is 16.7 Å². The van der Waals surface area contributed by atoms with Crippen molar-refractivity contribution in [1.82, 2.24) is 10.3 Å². The molecule has 0 fully saturated rings. The molecule has 2 N–H and O–H groups in total. The lowest BCUT2D eigenvalue weighted by Gasteiger charge is -2.47. The van der Waals surface area contributed by atoms with Gasteiger partial charge in [-0.25, -0.2) is 0 Å². The van der Waals surface area contributed by atoms with Crippen molar-refractivity contribution in [1.29, 1.82) is 0 Å². The summed E-state index contributed by atoms with van der Waals surface area (Å²) in [5.74, 6) is 0.499. The SMILES string of the molecule is CCC1=C[C@H]([C@H](O)CC(C)C)[C@@](C)(Cc2ccc(CC)cn2)N[C@H]1c1ccccc1. The predicted molar refractivity (Wildman–Crippen MR) is 125 cm³/mol. The van der Waals surface area contributed by atoms with E-state index in [0.29, 0.717) is 5.92 Å². The van der Waals surface area contributed by atoms with Gasteiger partial charge in [0.25, 0.3) is 0 Å². The first-order chi connectivity index (χ1) is 14.4. The van der Waals surface area contributed by atoms with Gasteiger partial charge in [0.05, 0.1) is 12.1 Å². The zero-order chi connectivity index (χ0) is 21.7. The first kappa shape index (κ1) is 22.7. The summed E-state index contributed by atoms with van der Waals surface area (Å²) < 4.78 is 0. The van der Waals surface area contributed by atoms with Gasteiger partial charge in [-0.15, -0.1) is 0 Å². The van der Waals surface area contributed by atoms with Crippen LogP contribution in [-0.2, 0) is 12.8 Å². The van der Waals surface area contributed by atoms with E-state index in [1.807, 2.05) is 6.20 Å². The number of hydrogen-bond acceptors (Lipinski definition) is 3. The Labute approximate surface area is 182 Å². The first-order valence-corrected chi connectivity index (χ1v) is 11.5. The first-order valence-electron chi connectivity index (χ1n) is 11.5.